The van der Waals surface area contributed by atoms with Gasteiger partial charge in [-0.1, -0.05) is 31.5 Å². The molecule has 0 N–H and O–H groups in total. The number of ether oxygens (including phenoxy) is 2. The van der Waals surface area contributed by atoms with Crippen LogP contribution in [0.25, 0.3) is 5.03 Å². The third kappa shape index (κ3) is 3.10. The number of rotatable bonds is 4. The molecular formula is C15H16Cl2O3. The summed E-state index contributed by atoms with van der Waals surface area (Å²) in [5, 5.41) is 0.624. The molecule has 2 unspecified atom stereocenters. The van der Waals surface area contributed by atoms with E-state index in [1.54, 1.807) is 7.11 Å². The summed E-state index contributed by atoms with van der Waals surface area (Å²) in [5.41, 5.74) is -0.0254. The van der Waals surface area contributed by atoms with Gasteiger partial charge in [-0.2, -0.15) is 0 Å². The summed E-state index contributed by atoms with van der Waals surface area (Å²) in [4.78, 5) is 10.8. The molecule has 108 valence electrons. The Balaban J connectivity index is 2.12. The molecule has 1 aliphatic rings. The summed E-state index contributed by atoms with van der Waals surface area (Å²) in [6, 6.07) is 7.46. The Bertz CT molecular complexity index is 535. The van der Waals surface area contributed by atoms with E-state index in [2.05, 4.69) is 0 Å². The van der Waals surface area contributed by atoms with Crippen molar-refractivity contribution in [3.8, 4) is 5.75 Å². The van der Waals surface area contributed by atoms with E-state index in [-0.39, 0.29) is 17.4 Å². The second kappa shape index (κ2) is 5.66. The van der Waals surface area contributed by atoms with Gasteiger partial charge in [-0.3, -0.25) is 0 Å². The second-order valence-corrected chi connectivity index (χ2v) is 6.08. The van der Waals surface area contributed by atoms with Gasteiger partial charge in [0.2, 0.25) is 0 Å². The van der Waals surface area contributed by atoms with Crippen molar-refractivity contribution in [1.82, 2.24) is 0 Å². The van der Waals surface area contributed by atoms with E-state index in [0.717, 1.165) is 11.3 Å². The number of hydrogen-bond donors (Lipinski definition) is 0. The molecule has 20 heavy (non-hydrogen) atoms. The van der Waals surface area contributed by atoms with Crippen LogP contribution in [0.5, 0.6) is 5.75 Å². The fourth-order valence-corrected chi connectivity index (χ4v) is 2.62. The Morgan fingerprint density at radius 2 is 1.85 bits per heavy atom. The molecule has 0 heterocycles. The van der Waals surface area contributed by atoms with Crippen LogP contribution in [0.3, 0.4) is 0 Å². The van der Waals surface area contributed by atoms with Crippen molar-refractivity contribution >= 4 is 33.7 Å². The average molecular weight is 315 g/mol. The van der Waals surface area contributed by atoms with Gasteiger partial charge in [0.15, 0.2) is 0 Å². The minimum atomic E-state index is -0.778. The van der Waals surface area contributed by atoms with Crippen molar-refractivity contribution in [1.29, 1.82) is 0 Å². The molecule has 0 saturated heterocycles. The van der Waals surface area contributed by atoms with Gasteiger partial charge in [0.1, 0.15) is 11.9 Å². The summed E-state index contributed by atoms with van der Waals surface area (Å²) >= 11 is 11.6. The van der Waals surface area contributed by atoms with E-state index < -0.39 is 5.43 Å². The SMILES string of the molecule is COc1ccc(C(Cl)=CC2C(OC(=O)Cl)C2(C)C)cc1. The van der Waals surface area contributed by atoms with Gasteiger partial charge < -0.3 is 9.47 Å². The molecule has 3 nitrogen and oxygen atoms in total. The molecule has 1 fully saturated rings. The van der Waals surface area contributed by atoms with Crippen LogP contribution >= 0.6 is 23.2 Å². The zero-order chi connectivity index (χ0) is 14.9. The molecule has 1 aromatic rings. The van der Waals surface area contributed by atoms with E-state index in [1.807, 2.05) is 44.2 Å². The smallest absolute Gasteiger partial charge is 0.404 e. The summed E-state index contributed by atoms with van der Waals surface area (Å²) in [5.74, 6) is 0.846. The number of methoxy groups -OCH3 is 1. The highest BCUT2D eigenvalue weighted by atomic mass is 35.5. The molecular weight excluding hydrogens is 299 g/mol. The zero-order valence-corrected chi connectivity index (χ0v) is 13.0. The lowest BCUT2D eigenvalue weighted by Crippen LogP contribution is -2.03. The van der Waals surface area contributed by atoms with Crippen molar-refractivity contribution in [2.45, 2.75) is 20.0 Å². The summed E-state index contributed by atoms with van der Waals surface area (Å²) in [7, 11) is 1.62. The van der Waals surface area contributed by atoms with Crippen LogP contribution in [0, 0.1) is 11.3 Å². The van der Waals surface area contributed by atoms with E-state index in [0.29, 0.717) is 5.03 Å². The molecule has 1 aliphatic carbocycles. The quantitative estimate of drug-likeness (QED) is 0.757. The molecule has 0 aromatic heterocycles. The van der Waals surface area contributed by atoms with Crippen LogP contribution in [0.1, 0.15) is 19.4 Å². The summed E-state index contributed by atoms with van der Waals surface area (Å²) in [6.45, 7) is 4.02. The standard InChI is InChI=1S/C15H16Cl2O3/c1-15(2)11(13(15)20-14(17)18)8-12(16)9-4-6-10(19-3)7-5-9/h4-8,11,13H,1-3H3. The van der Waals surface area contributed by atoms with Crippen LogP contribution in [0.4, 0.5) is 4.79 Å². The fraction of sp³-hybridized carbons (Fsp3) is 0.400. The Kier molecular flexibility index (Phi) is 4.31. The maximum atomic E-state index is 10.8. The minimum Gasteiger partial charge on any atom is -0.497 e. The highest BCUT2D eigenvalue weighted by Crippen LogP contribution is 2.56. The molecule has 0 spiro atoms. The topological polar surface area (TPSA) is 35.5 Å². The number of halogens is 2. The van der Waals surface area contributed by atoms with Crippen molar-refractivity contribution in [3.63, 3.8) is 0 Å². The van der Waals surface area contributed by atoms with Gasteiger partial charge in [0.25, 0.3) is 0 Å². The number of carbonyl (C=O) groups is 1. The largest absolute Gasteiger partial charge is 0.497 e. The molecule has 0 radical (unpaired) electrons. The van der Waals surface area contributed by atoms with Gasteiger partial charge in [0, 0.05) is 28.0 Å². The zero-order valence-electron chi connectivity index (χ0n) is 11.5. The van der Waals surface area contributed by atoms with Gasteiger partial charge in [0.05, 0.1) is 7.11 Å². The molecule has 1 aromatic carbocycles. The first kappa shape index (κ1) is 15.2. The Hall–Kier alpha value is -1.19. The third-order valence-corrected chi connectivity index (χ3v) is 4.15. The fourth-order valence-electron chi connectivity index (χ4n) is 2.26. The normalized spacial score (nSPS) is 24.1. The highest BCUT2D eigenvalue weighted by molar-refractivity contribution is 6.61. The predicted molar refractivity (Wildman–Crippen MR) is 80.2 cm³/mol. The first-order chi connectivity index (χ1) is 9.36. The van der Waals surface area contributed by atoms with E-state index in [1.165, 1.54) is 0 Å². The molecule has 1 saturated carbocycles. The lowest BCUT2D eigenvalue weighted by molar-refractivity contribution is 0.150. The highest BCUT2D eigenvalue weighted by Gasteiger charge is 2.59. The minimum absolute atomic E-state index is 0.0693. The Morgan fingerprint density at radius 1 is 1.25 bits per heavy atom. The number of benzene rings is 1. The number of carbonyl (C=O) groups excluding carboxylic acids is 1. The lowest BCUT2D eigenvalue weighted by Gasteiger charge is -2.02. The summed E-state index contributed by atoms with van der Waals surface area (Å²) < 4.78 is 10.2. The van der Waals surface area contributed by atoms with Crippen molar-refractivity contribution in [2.24, 2.45) is 11.3 Å². The maximum Gasteiger partial charge on any atom is 0.404 e. The number of hydrogen-bond acceptors (Lipinski definition) is 3. The average Bonchev–Trinajstić information content (AvgIpc) is 2.90. The monoisotopic (exact) mass is 314 g/mol. The molecule has 2 rings (SSSR count). The molecule has 2 atom stereocenters. The first-order valence-electron chi connectivity index (χ1n) is 6.24. The third-order valence-electron chi connectivity index (χ3n) is 3.72. The van der Waals surface area contributed by atoms with Gasteiger partial charge in [-0.05, 0) is 29.8 Å². The van der Waals surface area contributed by atoms with E-state index in [4.69, 9.17) is 32.7 Å². The van der Waals surface area contributed by atoms with Crippen LogP contribution in [-0.2, 0) is 4.74 Å². The van der Waals surface area contributed by atoms with Gasteiger partial charge in [-0.25, -0.2) is 4.79 Å². The van der Waals surface area contributed by atoms with Crippen molar-refractivity contribution in [2.75, 3.05) is 7.11 Å². The Morgan fingerprint density at radius 3 is 2.35 bits per heavy atom. The van der Waals surface area contributed by atoms with Crippen molar-refractivity contribution in [3.05, 3.63) is 35.9 Å². The van der Waals surface area contributed by atoms with E-state index >= 15 is 0 Å². The second-order valence-electron chi connectivity index (χ2n) is 5.37. The van der Waals surface area contributed by atoms with Crippen LogP contribution in [0.15, 0.2) is 30.3 Å². The lowest BCUT2D eigenvalue weighted by atomic mass is 10.1. The van der Waals surface area contributed by atoms with Crippen LogP contribution in [-0.4, -0.2) is 18.6 Å². The maximum absolute atomic E-state index is 10.8. The molecule has 0 bridgehead atoms. The first-order valence-corrected chi connectivity index (χ1v) is 6.99. The Labute approximate surface area is 128 Å². The van der Waals surface area contributed by atoms with Crippen molar-refractivity contribution < 1.29 is 14.3 Å². The molecule has 5 heteroatoms. The van der Waals surface area contributed by atoms with Crippen LogP contribution < -0.4 is 4.74 Å². The summed E-state index contributed by atoms with van der Waals surface area (Å²) in [6.07, 6.45) is 1.69. The van der Waals surface area contributed by atoms with Gasteiger partial charge >= 0.3 is 5.43 Å². The van der Waals surface area contributed by atoms with E-state index in [9.17, 15) is 4.79 Å². The van der Waals surface area contributed by atoms with Gasteiger partial charge in [-0.15, -0.1) is 0 Å². The predicted octanol–water partition coefficient (Wildman–Crippen LogP) is 4.67. The molecule has 0 aliphatic heterocycles. The molecule has 0 amide bonds. The van der Waals surface area contributed by atoms with Crippen LogP contribution in [0.2, 0.25) is 0 Å².